The molecule has 12 N–H and O–H groups in total. The zero-order chi connectivity index (χ0) is 61.2. The van der Waals surface area contributed by atoms with Gasteiger partial charge in [-0.15, -0.1) is 0 Å². The van der Waals surface area contributed by atoms with Crippen LogP contribution >= 0.6 is 0 Å². The van der Waals surface area contributed by atoms with Crippen LogP contribution < -0.4 is 5.32 Å². The van der Waals surface area contributed by atoms with E-state index in [1.807, 2.05) is 0 Å². The summed E-state index contributed by atoms with van der Waals surface area (Å²) in [5.41, 5.74) is 0. The predicted molar refractivity (Wildman–Crippen MR) is 323 cm³/mol. The summed E-state index contributed by atoms with van der Waals surface area (Å²) in [6.45, 7) is 1.66. The first kappa shape index (κ1) is 76.0. The van der Waals surface area contributed by atoms with Gasteiger partial charge in [-0.25, -0.2) is 0 Å². The number of hydrogen-bond acceptors (Lipinski definition) is 18. The van der Waals surface area contributed by atoms with E-state index in [1.165, 1.54) is 122 Å². The van der Waals surface area contributed by atoms with E-state index in [1.54, 1.807) is 0 Å². The number of hydrogen-bond donors (Lipinski definition) is 12. The molecule has 0 aliphatic carbocycles. The van der Waals surface area contributed by atoms with Crippen molar-refractivity contribution in [3.05, 3.63) is 48.6 Å². The van der Waals surface area contributed by atoms with Crippen LogP contribution in [-0.2, 0) is 33.2 Å². The molecule has 1 amide bonds. The minimum absolute atomic E-state index is 0.245. The molecule has 17 atom stereocenters. The van der Waals surface area contributed by atoms with Crippen molar-refractivity contribution < 1.29 is 89.4 Å². The third-order valence-electron chi connectivity index (χ3n) is 16.4. The third kappa shape index (κ3) is 30.3. The lowest BCUT2D eigenvalue weighted by atomic mass is 9.96. The number of amides is 1. The first-order valence-corrected chi connectivity index (χ1v) is 32.9. The molecule has 19 heteroatoms. The lowest BCUT2D eigenvalue weighted by molar-refractivity contribution is -0.379. The Balaban J connectivity index is 1.37. The maximum absolute atomic E-state index is 13.4. The topological polar surface area (TPSA) is 307 Å². The highest BCUT2D eigenvalue weighted by molar-refractivity contribution is 5.76. The number of rotatable bonds is 49. The van der Waals surface area contributed by atoms with E-state index in [0.29, 0.717) is 12.8 Å². The highest BCUT2D eigenvalue weighted by atomic mass is 16.8. The van der Waals surface area contributed by atoms with E-state index in [4.69, 9.17) is 28.4 Å². The summed E-state index contributed by atoms with van der Waals surface area (Å²) in [7, 11) is 0. The van der Waals surface area contributed by atoms with Crippen LogP contribution in [0.1, 0.15) is 226 Å². The average molecular weight is 1200 g/mol. The Morgan fingerprint density at radius 2 is 0.821 bits per heavy atom. The van der Waals surface area contributed by atoms with Gasteiger partial charge in [0.1, 0.15) is 73.2 Å². The molecule has 17 unspecified atom stereocenters. The molecule has 0 aromatic heterocycles. The molecule has 3 heterocycles. The van der Waals surface area contributed by atoms with E-state index < -0.39 is 124 Å². The Morgan fingerprint density at radius 3 is 1.29 bits per heavy atom. The summed E-state index contributed by atoms with van der Waals surface area (Å²) >= 11 is 0. The molecule has 3 fully saturated rings. The van der Waals surface area contributed by atoms with Crippen molar-refractivity contribution >= 4 is 5.91 Å². The number of allylic oxidation sites excluding steroid dienone is 8. The van der Waals surface area contributed by atoms with Crippen molar-refractivity contribution in [2.45, 2.75) is 330 Å². The summed E-state index contributed by atoms with van der Waals surface area (Å²) in [6.07, 6.45) is 27.9. The van der Waals surface area contributed by atoms with Gasteiger partial charge in [-0.05, 0) is 51.4 Å². The fourth-order valence-electron chi connectivity index (χ4n) is 11.1. The molecule has 0 aromatic rings. The van der Waals surface area contributed by atoms with Gasteiger partial charge >= 0.3 is 0 Å². The normalized spacial score (nSPS) is 29.5. The third-order valence-corrected chi connectivity index (χ3v) is 16.4. The first-order chi connectivity index (χ1) is 40.8. The van der Waals surface area contributed by atoms with Gasteiger partial charge in [-0.1, -0.05) is 217 Å². The van der Waals surface area contributed by atoms with Crippen LogP contribution in [0, 0.1) is 0 Å². The molecule has 0 saturated carbocycles. The Hall–Kier alpha value is -2.25. The number of aliphatic hydroxyl groups excluding tert-OH is 11. The van der Waals surface area contributed by atoms with Gasteiger partial charge in [0.05, 0.1) is 38.6 Å². The molecule has 0 bridgehead atoms. The molecule has 0 radical (unpaired) electrons. The van der Waals surface area contributed by atoms with E-state index in [-0.39, 0.29) is 18.9 Å². The van der Waals surface area contributed by atoms with Crippen molar-refractivity contribution in [2.24, 2.45) is 0 Å². The van der Waals surface area contributed by atoms with Gasteiger partial charge in [0.2, 0.25) is 5.91 Å². The van der Waals surface area contributed by atoms with Crippen LogP contribution in [0.3, 0.4) is 0 Å². The van der Waals surface area contributed by atoms with Crippen molar-refractivity contribution in [2.75, 3.05) is 26.4 Å². The van der Waals surface area contributed by atoms with Crippen molar-refractivity contribution in [3.8, 4) is 0 Å². The Labute approximate surface area is 503 Å². The number of unbranched alkanes of at least 4 members (excludes halogenated alkanes) is 25. The van der Waals surface area contributed by atoms with Gasteiger partial charge in [-0.3, -0.25) is 4.79 Å². The molecule has 3 aliphatic rings. The molecule has 19 nitrogen and oxygen atoms in total. The molecular formula is C65H117NO18. The summed E-state index contributed by atoms with van der Waals surface area (Å²) < 4.78 is 34.3. The van der Waals surface area contributed by atoms with Crippen molar-refractivity contribution in [1.29, 1.82) is 0 Å². The summed E-state index contributed by atoms with van der Waals surface area (Å²) in [5.74, 6) is -0.245. The zero-order valence-electron chi connectivity index (χ0n) is 51.4. The second-order valence-corrected chi connectivity index (χ2v) is 23.6. The van der Waals surface area contributed by atoms with Gasteiger partial charge in [0.15, 0.2) is 18.9 Å². The lowest BCUT2D eigenvalue weighted by Crippen LogP contribution is -2.66. The number of carbonyl (C=O) groups excluding carboxylic acids is 1. The van der Waals surface area contributed by atoms with Crippen molar-refractivity contribution in [1.82, 2.24) is 5.32 Å². The smallest absolute Gasteiger partial charge is 0.220 e. The molecule has 84 heavy (non-hydrogen) atoms. The summed E-state index contributed by atoms with van der Waals surface area (Å²) in [6, 6.07) is -0.885. The lowest BCUT2D eigenvalue weighted by Gasteiger charge is -2.48. The van der Waals surface area contributed by atoms with E-state index in [9.17, 15) is 61.0 Å². The molecule has 3 saturated heterocycles. The number of ether oxygens (including phenoxy) is 6. The van der Waals surface area contributed by atoms with Crippen LogP contribution in [0.15, 0.2) is 48.6 Å². The van der Waals surface area contributed by atoms with Gasteiger partial charge in [0.25, 0.3) is 0 Å². The molecule has 3 rings (SSSR count). The Bertz CT molecular complexity index is 1720. The minimum atomic E-state index is -1.97. The Kier molecular flexibility index (Phi) is 43.2. The van der Waals surface area contributed by atoms with Crippen LogP contribution in [0.2, 0.25) is 0 Å². The second kappa shape index (κ2) is 47.7. The van der Waals surface area contributed by atoms with Gasteiger partial charge < -0.3 is 89.9 Å². The minimum Gasteiger partial charge on any atom is -0.394 e. The maximum Gasteiger partial charge on any atom is 0.220 e. The number of nitrogens with one attached hydrogen (secondary N) is 1. The van der Waals surface area contributed by atoms with Crippen molar-refractivity contribution in [3.63, 3.8) is 0 Å². The van der Waals surface area contributed by atoms with E-state index in [2.05, 4.69) is 67.8 Å². The zero-order valence-corrected chi connectivity index (χ0v) is 51.4. The fraction of sp³-hybridized carbons (Fsp3) is 0.862. The highest BCUT2D eigenvalue weighted by Crippen LogP contribution is 2.33. The second-order valence-electron chi connectivity index (χ2n) is 23.6. The van der Waals surface area contributed by atoms with Gasteiger partial charge in [0, 0.05) is 6.42 Å². The maximum atomic E-state index is 13.4. The number of carbonyl (C=O) groups is 1. The van der Waals surface area contributed by atoms with Crippen LogP contribution in [0.25, 0.3) is 0 Å². The largest absolute Gasteiger partial charge is 0.394 e. The standard InChI is InChI=1S/C65H117NO18/c1-3-5-7-9-11-13-15-16-17-18-19-20-21-22-23-24-25-26-27-28-29-30-31-32-33-35-37-39-41-43-53(71)66-48(49(70)42-40-38-36-34-14-12-10-8-6-4-2)47-79-63-59(77)56(74)61(51(45-68)81-63)84-65-60(78)57(75)62(52(46-69)82-65)83-64-58(76)55(73)54(72)50(44-67)80-64/h5,7,11,13,16-17,19-20,48-52,54-65,67-70,72-78H,3-4,6,8-10,12,14-15,18,21-47H2,1-2H3,(H,66,71)/b7-5-,13-11-,17-16-,20-19-. The summed E-state index contributed by atoms with van der Waals surface area (Å²) in [5, 5.41) is 120. The average Bonchev–Trinajstić information content (AvgIpc) is 2.80. The van der Waals surface area contributed by atoms with Crippen LogP contribution in [0.4, 0.5) is 0 Å². The van der Waals surface area contributed by atoms with E-state index >= 15 is 0 Å². The number of aliphatic hydroxyl groups is 11. The highest BCUT2D eigenvalue weighted by Gasteiger charge is 2.53. The molecule has 0 aromatic carbocycles. The quantitative estimate of drug-likeness (QED) is 0.0208. The monoisotopic (exact) mass is 1200 g/mol. The SMILES string of the molecule is CC/C=C\C/C=C\C/C=C\C/C=C\CCCCCCCCCCCCCCCCCCC(=O)NC(COC1OC(CO)C(OC2OC(CO)C(OC3OC(CO)C(O)C(O)C3O)C(O)C2O)C(O)C1O)C(O)CCCCCCCCCCCC. The predicted octanol–water partition coefficient (Wildman–Crippen LogP) is 7.43. The molecule has 490 valence electrons. The molecule has 0 spiro atoms. The van der Waals surface area contributed by atoms with Crippen LogP contribution in [-0.4, -0.2) is 193 Å². The summed E-state index contributed by atoms with van der Waals surface area (Å²) in [4.78, 5) is 13.4. The fourth-order valence-corrected chi connectivity index (χ4v) is 11.1. The Morgan fingerprint density at radius 1 is 0.440 bits per heavy atom. The first-order valence-electron chi connectivity index (χ1n) is 32.9. The molecule has 3 aliphatic heterocycles. The van der Waals surface area contributed by atoms with E-state index in [0.717, 1.165) is 70.6 Å². The molecular weight excluding hydrogens is 1080 g/mol. The van der Waals surface area contributed by atoms with Crippen LogP contribution in [0.5, 0.6) is 0 Å². The van der Waals surface area contributed by atoms with Gasteiger partial charge in [-0.2, -0.15) is 0 Å².